The standard InChI is InChI=1S/C14H11BrClFN2O/c15-9-1-4-13(17)8(5-9)7-19-14(20)11-3-2-10(18)6-12(11)16/h1-6H,7,18H2,(H,19,20). The lowest BCUT2D eigenvalue weighted by Gasteiger charge is -2.08. The highest BCUT2D eigenvalue weighted by molar-refractivity contribution is 9.10. The van der Waals surface area contributed by atoms with Crippen LogP contribution in [0.25, 0.3) is 0 Å². The van der Waals surface area contributed by atoms with E-state index in [1.165, 1.54) is 18.2 Å². The number of nitrogens with one attached hydrogen (secondary N) is 1. The fourth-order valence-electron chi connectivity index (χ4n) is 1.67. The van der Waals surface area contributed by atoms with Crippen LogP contribution in [0, 0.1) is 5.82 Å². The van der Waals surface area contributed by atoms with Gasteiger partial charge in [-0.25, -0.2) is 4.39 Å². The summed E-state index contributed by atoms with van der Waals surface area (Å²) in [5.41, 5.74) is 6.73. The van der Waals surface area contributed by atoms with E-state index in [0.29, 0.717) is 16.8 Å². The van der Waals surface area contributed by atoms with Gasteiger partial charge in [0, 0.05) is 22.3 Å². The Bertz CT molecular complexity index is 664. The molecule has 104 valence electrons. The van der Waals surface area contributed by atoms with Crippen LogP contribution in [-0.2, 0) is 6.54 Å². The molecule has 0 atom stereocenters. The van der Waals surface area contributed by atoms with Crippen molar-refractivity contribution < 1.29 is 9.18 Å². The largest absolute Gasteiger partial charge is 0.399 e. The van der Waals surface area contributed by atoms with Crippen molar-refractivity contribution in [3.05, 3.63) is 62.8 Å². The average Bonchev–Trinajstić information content (AvgIpc) is 2.39. The molecular formula is C14H11BrClFN2O. The molecule has 2 aromatic carbocycles. The number of anilines is 1. The highest BCUT2D eigenvalue weighted by Gasteiger charge is 2.11. The van der Waals surface area contributed by atoms with Gasteiger partial charge < -0.3 is 11.1 Å². The summed E-state index contributed by atoms with van der Waals surface area (Å²) in [6.45, 7) is 0.0742. The summed E-state index contributed by atoms with van der Waals surface area (Å²) < 4.78 is 14.3. The van der Waals surface area contributed by atoms with E-state index in [1.54, 1.807) is 18.2 Å². The minimum atomic E-state index is -0.380. The van der Waals surface area contributed by atoms with Crippen LogP contribution >= 0.6 is 27.5 Å². The molecule has 0 aliphatic rings. The Hall–Kier alpha value is -1.59. The zero-order valence-electron chi connectivity index (χ0n) is 10.3. The van der Waals surface area contributed by atoms with Crippen molar-refractivity contribution in [2.75, 3.05) is 5.73 Å². The molecule has 0 heterocycles. The van der Waals surface area contributed by atoms with Crippen molar-refractivity contribution in [1.82, 2.24) is 5.32 Å². The van der Waals surface area contributed by atoms with Crippen LogP contribution < -0.4 is 11.1 Å². The van der Waals surface area contributed by atoms with Crippen LogP contribution in [0.4, 0.5) is 10.1 Å². The van der Waals surface area contributed by atoms with Crippen LogP contribution in [0.3, 0.4) is 0 Å². The van der Waals surface area contributed by atoms with Crippen molar-refractivity contribution in [3.63, 3.8) is 0 Å². The lowest BCUT2D eigenvalue weighted by molar-refractivity contribution is 0.0951. The van der Waals surface area contributed by atoms with Gasteiger partial charge in [-0.3, -0.25) is 4.79 Å². The SMILES string of the molecule is Nc1ccc(C(=O)NCc2cc(Br)ccc2F)c(Cl)c1. The van der Waals surface area contributed by atoms with E-state index >= 15 is 0 Å². The summed E-state index contributed by atoms with van der Waals surface area (Å²) in [4.78, 5) is 12.0. The Kier molecular flexibility index (Phi) is 4.62. The third kappa shape index (κ3) is 3.49. The molecule has 0 saturated carbocycles. The number of benzene rings is 2. The first-order chi connectivity index (χ1) is 9.47. The van der Waals surface area contributed by atoms with E-state index in [-0.39, 0.29) is 23.3 Å². The minimum Gasteiger partial charge on any atom is -0.399 e. The maximum absolute atomic E-state index is 13.5. The van der Waals surface area contributed by atoms with Crippen LogP contribution in [0.2, 0.25) is 5.02 Å². The van der Waals surface area contributed by atoms with E-state index in [1.807, 2.05) is 0 Å². The summed E-state index contributed by atoms with van der Waals surface area (Å²) in [6.07, 6.45) is 0. The highest BCUT2D eigenvalue weighted by Crippen LogP contribution is 2.20. The van der Waals surface area contributed by atoms with Gasteiger partial charge in [-0.15, -0.1) is 0 Å². The van der Waals surface area contributed by atoms with Crippen molar-refractivity contribution in [3.8, 4) is 0 Å². The Morgan fingerprint density at radius 2 is 2.05 bits per heavy atom. The maximum atomic E-state index is 13.5. The molecule has 0 fully saturated rings. The lowest BCUT2D eigenvalue weighted by Crippen LogP contribution is -2.23. The first-order valence-corrected chi connectivity index (χ1v) is 6.91. The number of carbonyl (C=O) groups excluding carboxylic acids is 1. The molecule has 0 radical (unpaired) electrons. The fourth-order valence-corrected chi connectivity index (χ4v) is 2.35. The smallest absolute Gasteiger partial charge is 0.253 e. The molecule has 2 aromatic rings. The Labute approximate surface area is 129 Å². The molecule has 1 amide bonds. The zero-order valence-corrected chi connectivity index (χ0v) is 12.6. The molecule has 0 bridgehead atoms. The van der Waals surface area contributed by atoms with E-state index in [2.05, 4.69) is 21.2 Å². The quantitative estimate of drug-likeness (QED) is 0.822. The Balaban J connectivity index is 2.10. The molecule has 0 saturated heterocycles. The fraction of sp³-hybridized carbons (Fsp3) is 0.0714. The van der Waals surface area contributed by atoms with Crippen molar-refractivity contribution in [2.24, 2.45) is 0 Å². The molecular weight excluding hydrogens is 347 g/mol. The van der Waals surface area contributed by atoms with Crippen molar-refractivity contribution >= 4 is 39.1 Å². The first-order valence-electron chi connectivity index (χ1n) is 5.74. The zero-order chi connectivity index (χ0) is 14.7. The average molecular weight is 358 g/mol. The number of nitrogen functional groups attached to an aromatic ring is 1. The topological polar surface area (TPSA) is 55.1 Å². The molecule has 6 heteroatoms. The summed E-state index contributed by atoms with van der Waals surface area (Å²) >= 11 is 9.19. The van der Waals surface area contributed by atoms with Gasteiger partial charge in [-0.1, -0.05) is 27.5 Å². The summed E-state index contributed by atoms with van der Waals surface area (Å²) in [5, 5.41) is 2.88. The Morgan fingerprint density at radius 3 is 2.75 bits per heavy atom. The Morgan fingerprint density at radius 1 is 1.30 bits per heavy atom. The number of hydrogen-bond donors (Lipinski definition) is 2. The molecule has 20 heavy (non-hydrogen) atoms. The van der Waals surface area contributed by atoms with Gasteiger partial charge in [0.25, 0.3) is 5.91 Å². The number of halogens is 3. The number of nitrogens with two attached hydrogens (primary N) is 1. The minimum absolute atomic E-state index is 0.0742. The van der Waals surface area contributed by atoms with Crippen LogP contribution in [0.1, 0.15) is 15.9 Å². The molecule has 0 aromatic heterocycles. The number of amides is 1. The third-order valence-electron chi connectivity index (χ3n) is 2.68. The second kappa shape index (κ2) is 6.24. The van der Waals surface area contributed by atoms with Gasteiger partial charge >= 0.3 is 0 Å². The van der Waals surface area contributed by atoms with Crippen LogP contribution in [0.5, 0.6) is 0 Å². The van der Waals surface area contributed by atoms with E-state index < -0.39 is 0 Å². The van der Waals surface area contributed by atoms with E-state index in [0.717, 1.165) is 4.47 Å². The molecule has 0 aliphatic carbocycles. The first kappa shape index (κ1) is 14.8. The number of carbonyl (C=O) groups is 1. The molecule has 0 aliphatic heterocycles. The van der Waals surface area contributed by atoms with E-state index in [4.69, 9.17) is 17.3 Å². The monoisotopic (exact) mass is 356 g/mol. The predicted octanol–water partition coefficient (Wildman–Crippen LogP) is 3.75. The van der Waals surface area contributed by atoms with Gasteiger partial charge in [0.2, 0.25) is 0 Å². The molecule has 2 rings (SSSR count). The van der Waals surface area contributed by atoms with Crippen molar-refractivity contribution in [2.45, 2.75) is 6.54 Å². The van der Waals surface area contributed by atoms with E-state index in [9.17, 15) is 9.18 Å². The van der Waals surface area contributed by atoms with Gasteiger partial charge in [0.05, 0.1) is 10.6 Å². The van der Waals surface area contributed by atoms with Crippen molar-refractivity contribution in [1.29, 1.82) is 0 Å². The molecule has 3 nitrogen and oxygen atoms in total. The van der Waals surface area contributed by atoms with Gasteiger partial charge in [0.1, 0.15) is 5.82 Å². The normalized spacial score (nSPS) is 10.3. The highest BCUT2D eigenvalue weighted by atomic mass is 79.9. The third-order valence-corrected chi connectivity index (χ3v) is 3.49. The van der Waals surface area contributed by atoms with Gasteiger partial charge in [-0.2, -0.15) is 0 Å². The summed E-state index contributed by atoms with van der Waals surface area (Å²) in [5.74, 6) is -0.758. The summed E-state index contributed by atoms with van der Waals surface area (Å²) in [6, 6.07) is 9.15. The maximum Gasteiger partial charge on any atom is 0.253 e. The van der Waals surface area contributed by atoms with Gasteiger partial charge in [-0.05, 0) is 36.4 Å². The molecule has 3 N–H and O–H groups in total. The second-order valence-electron chi connectivity index (χ2n) is 4.16. The number of hydrogen-bond acceptors (Lipinski definition) is 2. The lowest BCUT2D eigenvalue weighted by atomic mass is 10.1. The molecule has 0 unspecified atom stereocenters. The molecule has 0 spiro atoms. The second-order valence-corrected chi connectivity index (χ2v) is 5.48. The van der Waals surface area contributed by atoms with Gasteiger partial charge in [0.15, 0.2) is 0 Å². The van der Waals surface area contributed by atoms with Crippen LogP contribution in [0.15, 0.2) is 40.9 Å². The predicted molar refractivity (Wildman–Crippen MR) is 81.1 cm³/mol. The van der Waals surface area contributed by atoms with Crippen LogP contribution in [-0.4, -0.2) is 5.91 Å². The number of rotatable bonds is 3. The summed E-state index contributed by atoms with van der Waals surface area (Å²) in [7, 11) is 0.